The van der Waals surface area contributed by atoms with E-state index in [1.54, 1.807) is 4.52 Å². The largest absolute Gasteiger partial charge is 0.362 e. The van der Waals surface area contributed by atoms with E-state index in [2.05, 4.69) is 39.7 Å². The fourth-order valence-electron chi connectivity index (χ4n) is 2.18. The molecule has 0 amide bonds. The number of benzene rings is 1. The van der Waals surface area contributed by atoms with E-state index in [-0.39, 0.29) is 6.04 Å². The van der Waals surface area contributed by atoms with Crippen molar-refractivity contribution in [2.45, 2.75) is 26.3 Å². The van der Waals surface area contributed by atoms with Crippen molar-refractivity contribution in [1.82, 2.24) is 19.8 Å². The highest BCUT2D eigenvalue weighted by atomic mass is 15.4. The Bertz CT molecular complexity index is 705. The lowest BCUT2D eigenvalue weighted by Gasteiger charge is -2.14. The molecule has 1 aromatic carbocycles. The summed E-state index contributed by atoms with van der Waals surface area (Å²) < 4.78 is 1.79. The molecule has 5 nitrogen and oxygen atoms in total. The molecule has 2 heterocycles. The van der Waals surface area contributed by atoms with E-state index in [0.717, 1.165) is 23.7 Å². The van der Waals surface area contributed by atoms with Crippen molar-refractivity contribution in [2.75, 3.05) is 5.32 Å². The predicted octanol–water partition coefficient (Wildman–Crippen LogP) is 2.86. The zero-order valence-corrected chi connectivity index (χ0v) is 11.6. The standard InChI is InChI=1S/C15H17N5/c1-3-14-17-18-15-10-9-13(19-20(14)15)16-11(2)12-7-5-4-6-8-12/h4-11H,3H2,1-2H3,(H,16,19). The maximum atomic E-state index is 4.55. The van der Waals surface area contributed by atoms with Gasteiger partial charge in [0, 0.05) is 12.5 Å². The summed E-state index contributed by atoms with van der Waals surface area (Å²) >= 11 is 0. The van der Waals surface area contributed by atoms with Crippen LogP contribution in [0.1, 0.15) is 31.3 Å². The number of aryl methyl sites for hydroxylation is 1. The minimum absolute atomic E-state index is 0.197. The molecule has 1 N–H and O–H groups in total. The highest BCUT2D eigenvalue weighted by Gasteiger charge is 2.08. The molecule has 0 saturated carbocycles. The van der Waals surface area contributed by atoms with Gasteiger partial charge < -0.3 is 5.32 Å². The molecular weight excluding hydrogens is 250 g/mol. The zero-order chi connectivity index (χ0) is 13.9. The van der Waals surface area contributed by atoms with Crippen molar-refractivity contribution in [3.05, 3.63) is 53.9 Å². The average Bonchev–Trinajstić information content (AvgIpc) is 2.90. The van der Waals surface area contributed by atoms with Crippen LogP contribution in [0.4, 0.5) is 5.82 Å². The Hall–Kier alpha value is -2.43. The molecular formula is C15H17N5. The van der Waals surface area contributed by atoms with Crippen LogP contribution in [0.25, 0.3) is 5.65 Å². The Balaban J connectivity index is 1.87. The first kappa shape index (κ1) is 12.6. The fourth-order valence-corrected chi connectivity index (χ4v) is 2.18. The minimum Gasteiger partial charge on any atom is -0.362 e. The molecule has 0 aliphatic carbocycles. The first-order chi connectivity index (χ1) is 9.78. The number of hydrogen-bond donors (Lipinski definition) is 1. The van der Waals surface area contributed by atoms with Crippen molar-refractivity contribution in [1.29, 1.82) is 0 Å². The summed E-state index contributed by atoms with van der Waals surface area (Å²) in [4.78, 5) is 0. The van der Waals surface area contributed by atoms with Crippen LogP contribution in [-0.4, -0.2) is 19.8 Å². The molecule has 3 rings (SSSR count). The summed E-state index contributed by atoms with van der Waals surface area (Å²) in [5.74, 6) is 1.69. The Morgan fingerprint density at radius 3 is 2.65 bits per heavy atom. The third-order valence-electron chi connectivity index (χ3n) is 3.31. The zero-order valence-electron chi connectivity index (χ0n) is 11.6. The molecule has 1 unspecified atom stereocenters. The third kappa shape index (κ3) is 2.34. The average molecular weight is 267 g/mol. The summed E-state index contributed by atoms with van der Waals surface area (Å²) in [5.41, 5.74) is 2.01. The normalized spacial score (nSPS) is 12.5. The second-order valence-electron chi connectivity index (χ2n) is 4.74. The van der Waals surface area contributed by atoms with Crippen LogP contribution >= 0.6 is 0 Å². The van der Waals surface area contributed by atoms with Gasteiger partial charge in [0.15, 0.2) is 11.5 Å². The van der Waals surface area contributed by atoms with Crippen molar-refractivity contribution < 1.29 is 0 Å². The molecule has 102 valence electrons. The van der Waals surface area contributed by atoms with Gasteiger partial charge in [-0.2, -0.15) is 4.52 Å². The van der Waals surface area contributed by atoms with E-state index in [0.29, 0.717) is 0 Å². The van der Waals surface area contributed by atoms with Gasteiger partial charge in [0.25, 0.3) is 0 Å². The first-order valence-corrected chi connectivity index (χ1v) is 6.80. The second-order valence-corrected chi connectivity index (χ2v) is 4.74. The number of fused-ring (bicyclic) bond motifs is 1. The SMILES string of the molecule is CCc1nnc2ccc(NC(C)c3ccccc3)nn12. The van der Waals surface area contributed by atoms with Gasteiger partial charge >= 0.3 is 0 Å². The Labute approximate surface area is 117 Å². The summed E-state index contributed by atoms with van der Waals surface area (Å²) in [6, 6.07) is 14.4. The molecule has 1 atom stereocenters. The molecule has 0 aliphatic rings. The molecule has 0 radical (unpaired) electrons. The van der Waals surface area contributed by atoms with Gasteiger partial charge in [-0.1, -0.05) is 37.3 Å². The Morgan fingerprint density at radius 1 is 1.10 bits per heavy atom. The molecule has 0 bridgehead atoms. The van der Waals surface area contributed by atoms with Crippen LogP contribution in [0.3, 0.4) is 0 Å². The molecule has 0 spiro atoms. The number of aromatic nitrogens is 4. The van der Waals surface area contributed by atoms with Crippen LogP contribution in [0.15, 0.2) is 42.5 Å². The minimum atomic E-state index is 0.197. The lowest BCUT2D eigenvalue weighted by atomic mass is 10.1. The number of nitrogens with zero attached hydrogens (tertiary/aromatic N) is 4. The number of rotatable bonds is 4. The molecule has 0 aliphatic heterocycles. The summed E-state index contributed by atoms with van der Waals surface area (Å²) in [7, 11) is 0. The highest BCUT2D eigenvalue weighted by molar-refractivity contribution is 5.45. The Kier molecular flexibility index (Phi) is 3.33. The maximum Gasteiger partial charge on any atom is 0.178 e. The van der Waals surface area contributed by atoms with E-state index in [1.807, 2.05) is 37.3 Å². The van der Waals surface area contributed by atoms with E-state index >= 15 is 0 Å². The smallest absolute Gasteiger partial charge is 0.178 e. The van der Waals surface area contributed by atoms with E-state index in [4.69, 9.17) is 0 Å². The van der Waals surface area contributed by atoms with Crippen molar-refractivity contribution in [2.24, 2.45) is 0 Å². The monoisotopic (exact) mass is 267 g/mol. The summed E-state index contributed by atoms with van der Waals surface area (Å²) in [6.07, 6.45) is 0.811. The lowest BCUT2D eigenvalue weighted by Crippen LogP contribution is -2.10. The second kappa shape index (κ2) is 5.28. The Morgan fingerprint density at radius 2 is 1.90 bits per heavy atom. The van der Waals surface area contributed by atoms with Gasteiger partial charge in [0.2, 0.25) is 0 Å². The van der Waals surface area contributed by atoms with Crippen LogP contribution < -0.4 is 5.32 Å². The lowest BCUT2D eigenvalue weighted by molar-refractivity contribution is 0.804. The van der Waals surface area contributed by atoms with Crippen LogP contribution in [0.2, 0.25) is 0 Å². The summed E-state index contributed by atoms with van der Waals surface area (Å²) in [6.45, 7) is 4.17. The van der Waals surface area contributed by atoms with E-state index in [1.165, 1.54) is 5.56 Å². The van der Waals surface area contributed by atoms with Gasteiger partial charge in [-0.25, -0.2) is 0 Å². The van der Waals surface area contributed by atoms with Crippen LogP contribution in [-0.2, 0) is 6.42 Å². The van der Waals surface area contributed by atoms with E-state index in [9.17, 15) is 0 Å². The van der Waals surface area contributed by atoms with Gasteiger partial charge in [-0.15, -0.1) is 15.3 Å². The van der Waals surface area contributed by atoms with Crippen molar-refractivity contribution >= 4 is 11.5 Å². The molecule has 0 saturated heterocycles. The molecule has 0 fully saturated rings. The number of hydrogen-bond acceptors (Lipinski definition) is 4. The number of anilines is 1. The predicted molar refractivity (Wildman–Crippen MR) is 78.6 cm³/mol. The molecule has 20 heavy (non-hydrogen) atoms. The van der Waals surface area contributed by atoms with Crippen LogP contribution in [0, 0.1) is 0 Å². The third-order valence-corrected chi connectivity index (χ3v) is 3.31. The van der Waals surface area contributed by atoms with Gasteiger partial charge in [0.05, 0.1) is 0 Å². The molecule has 2 aromatic heterocycles. The van der Waals surface area contributed by atoms with E-state index < -0.39 is 0 Å². The van der Waals surface area contributed by atoms with Crippen molar-refractivity contribution in [3.63, 3.8) is 0 Å². The van der Waals surface area contributed by atoms with Crippen LogP contribution in [0.5, 0.6) is 0 Å². The summed E-state index contributed by atoms with van der Waals surface area (Å²) in [5, 5.41) is 16.2. The topological polar surface area (TPSA) is 55.1 Å². The quantitative estimate of drug-likeness (QED) is 0.789. The fraction of sp³-hybridized carbons (Fsp3) is 0.267. The van der Waals surface area contributed by atoms with Gasteiger partial charge in [-0.05, 0) is 24.6 Å². The van der Waals surface area contributed by atoms with Crippen molar-refractivity contribution in [3.8, 4) is 0 Å². The number of nitrogens with one attached hydrogen (secondary N) is 1. The first-order valence-electron chi connectivity index (χ1n) is 6.80. The maximum absolute atomic E-state index is 4.55. The highest BCUT2D eigenvalue weighted by Crippen LogP contribution is 2.17. The molecule has 5 heteroatoms. The van der Waals surface area contributed by atoms with Gasteiger partial charge in [-0.3, -0.25) is 0 Å². The molecule has 3 aromatic rings. The van der Waals surface area contributed by atoms with Gasteiger partial charge in [0.1, 0.15) is 5.82 Å².